The Kier molecular flexibility index (Phi) is 4.26. The number of nitrogens with zero attached hydrogens (tertiary/aromatic N) is 6. The van der Waals surface area contributed by atoms with Crippen molar-refractivity contribution in [3.63, 3.8) is 0 Å². The van der Waals surface area contributed by atoms with E-state index in [1.54, 1.807) is 4.68 Å². The van der Waals surface area contributed by atoms with E-state index in [1.807, 2.05) is 53.1 Å². The number of fused-ring (bicyclic) bond motifs is 1. The van der Waals surface area contributed by atoms with Gasteiger partial charge in [-0.25, -0.2) is 4.98 Å². The Morgan fingerprint density at radius 2 is 1.96 bits per heavy atom. The number of aromatic nitrogens is 6. The van der Waals surface area contributed by atoms with Crippen molar-refractivity contribution >= 4 is 44.9 Å². The zero-order chi connectivity index (χ0) is 16.5. The lowest BCUT2D eigenvalue weighted by Gasteiger charge is -2.03. The highest BCUT2D eigenvalue weighted by molar-refractivity contribution is 9.10. The van der Waals surface area contributed by atoms with Crippen molar-refractivity contribution in [2.45, 2.75) is 10.9 Å². The molecule has 24 heavy (non-hydrogen) atoms. The Labute approximate surface area is 155 Å². The maximum atomic E-state index is 5.93. The molecule has 0 aliphatic heterocycles. The highest BCUT2D eigenvalue weighted by Crippen LogP contribution is 2.27. The van der Waals surface area contributed by atoms with Crippen LogP contribution in [-0.2, 0) is 5.75 Å². The number of tetrazole rings is 1. The molecule has 120 valence electrons. The second-order valence-electron chi connectivity index (χ2n) is 4.92. The van der Waals surface area contributed by atoms with E-state index in [0.717, 1.165) is 21.6 Å². The van der Waals surface area contributed by atoms with Gasteiger partial charge in [-0.3, -0.25) is 4.40 Å². The first-order valence-electron chi connectivity index (χ1n) is 7.01. The van der Waals surface area contributed by atoms with Crippen molar-refractivity contribution < 1.29 is 0 Å². The maximum Gasteiger partial charge on any atom is 0.214 e. The van der Waals surface area contributed by atoms with Crippen LogP contribution in [0.1, 0.15) is 5.69 Å². The normalized spacial score (nSPS) is 11.2. The maximum absolute atomic E-state index is 5.93. The number of benzene rings is 1. The van der Waals surface area contributed by atoms with Crippen LogP contribution in [-0.4, -0.2) is 29.6 Å². The van der Waals surface area contributed by atoms with Gasteiger partial charge in [-0.2, -0.15) is 4.68 Å². The average molecular weight is 422 g/mol. The van der Waals surface area contributed by atoms with Gasteiger partial charge in [0.2, 0.25) is 5.16 Å². The Balaban J connectivity index is 1.59. The third kappa shape index (κ3) is 2.92. The smallest absolute Gasteiger partial charge is 0.214 e. The Morgan fingerprint density at radius 1 is 1.12 bits per heavy atom. The van der Waals surface area contributed by atoms with Crippen molar-refractivity contribution in [2.75, 3.05) is 0 Å². The van der Waals surface area contributed by atoms with Gasteiger partial charge in [0.25, 0.3) is 0 Å². The van der Waals surface area contributed by atoms with Gasteiger partial charge in [-0.1, -0.05) is 29.4 Å². The molecule has 6 nitrogen and oxygen atoms in total. The first-order valence-corrected chi connectivity index (χ1v) is 9.16. The van der Waals surface area contributed by atoms with Gasteiger partial charge in [-0.05, 0) is 62.8 Å². The molecule has 0 saturated carbocycles. The van der Waals surface area contributed by atoms with Crippen LogP contribution in [0.5, 0.6) is 0 Å². The topological polar surface area (TPSA) is 60.9 Å². The fourth-order valence-corrected chi connectivity index (χ4v) is 3.92. The Morgan fingerprint density at radius 3 is 2.75 bits per heavy atom. The van der Waals surface area contributed by atoms with E-state index in [2.05, 4.69) is 36.4 Å². The van der Waals surface area contributed by atoms with E-state index in [4.69, 9.17) is 11.6 Å². The van der Waals surface area contributed by atoms with E-state index in [-0.39, 0.29) is 0 Å². The number of thioether (sulfide) groups is 1. The van der Waals surface area contributed by atoms with E-state index >= 15 is 0 Å². The second kappa shape index (κ2) is 6.54. The molecule has 9 heteroatoms. The number of imidazole rings is 1. The van der Waals surface area contributed by atoms with Gasteiger partial charge < -0.3 is 0 Å². The van der Waals surface area contributed by atoms with Crippen LogP contribution in [0.2, 0.25) is 5.02 Å². The molecule has 0 N–H and O–H groups in total. The van der Waals surface area contributed by atoms with Gasteiger partial charge in [0.05, 0.1) is 11.4 Å². The van der Waals surface area contributed by atoms with Gasteiger partial charge in [0.1, 0.15) is 10.3 Å². The first-order chi connectivity index (χ1) is 11.7. The third-order valence-electron chi connectivity index (χ3n) is 3.39. The van der Waals surface area contributed by atoms with Crippen molar-refractivity contribution in [1.82, 2.24) is 29.6 Å². The third-order valence-corrected chi connectivity index (χ3v) is 5.41. The summed E-state index contributed by atoms with van der Waals surface area (Å²) in [6, 6.07) is 13.3. The molecule has 0 atom stereocenters. The summed E-state index contributed by atoms with van der Waals surface area (Å²) in [6.45, 7) is 0. The number of hydrogen-bond donors (Lipinski definition) is 0. The number of hydrogen-bond acceptors (Lipinski definition) is 5. The summed E-state index contributed by atoms with van der Waals surface area (Å²) in [5, 5.41) is 13.3. The molecule has 4 rings (SSSR count). The molecule has 0 aliphatic carbocycles. The summed E-state index contributed by atoms with van der Waals surface area (Å²) < 4.78 is 4.62. The Hall–Kier alpha value is -1.90. The van der Waals surface area contributed by atoms with Gasteiger partial charge in [-0.15, -0.1) is 5.10 Å². The average Bonchev–Trinajstić information content (AvgIpc) is 3.19. The Bertz CT molecular complexity index is 997. The molecule has 0 unspecified atom stereocenters. The van der Waals surface area contributed by atoms with Crippen LogP contribution in [0.3, 0.4) is 0 Å². The summed E-state index contributed by atoms with van der Waals surface area (Å²) in [5.41, 5.74) is 2.70. The first kappa shape index (κ1) is 15.6. The molecule has 0 aliphatic rings. The van der Waals surface area contributed by atoms with Crippen LogP contribution in [0, 0.1) is 0 Å². The van der Waals surface area contributed by atoms with Gasteiger partial charge >= 0.3 is 0 Å². The molecule has 0 saturated heterocycles. The number of pyridine rings is 1. The molecule has 0 spiro atoms. The van der Waals surface area contributed by atoms with Crippen molar-refractivity contribution in [1.29, 1.82) is 0 Å². The van der Waals surface area contributed by atoms with Crippen LogP contribution in [0.15, 0.2) is 58.4 Å². The molecule has 3 heterocycles. The summed E-state index contributed by atoms with van der Waals surface area (Å²) in [7, 11) is 0. The van der Waals surface area contributed by atoms with Crippen LogP contribution < -0.4 is 0 Å². The minimum absolute atomic E-state index is 0.649. The van der Waals surface area contributed by atoms with Crippen LogP contribution >= 0.6 is 39.3 Å². The molecule has 0 amide bonds. The van der Waals surface area contributed by atoms with E-state index < -0.39 is 0 Å². The van der Waals surface area contributed by atoms with E-state index in [9.17, 15) is 0 Å². The zero-order valence-corrected chi connectivity index (χ0v) is 15.3. The lowest BCUT2D eigenvalue weighted by Crippen LogP contribution is -1.99. The highest BCUT2D eigenvalue weighted by atomic mass is 79.9. The summed E-state index contributed by atoms with van der Waals surface area (Å²) >= 11 is 11.1. The predicted molar refractivity (Wildman–Crippen MR) is 96.6 cm³/mol. The van der Waals surface area contributed by atoms with E-state index in [0.29, 0.717) is 15.9 Å². The summed E-state index contributed by atoms with van der Waals surface area (Å²) in [6.07, 6.45) is 1.97. The predicted octanol–water partition coefficient (Wildman–Crippen LogP) is 4.02. The van der Waals surface area contributed by atoms with Crippen molar-refractivity contribution in [2.24, 2.45) is 0 Å². The standard InChI is InChI=1S/C15H10BrClN6S/c16-14-12(18-13-3-1-2-8-22(13)14)9-24-15-19-20-21-23(15)11-6-4-10(17)5-7-11/h1-8H,9H2. The summed E-state index contributed by atoms with van der Waals surface area (Å²) in [4.78, 5) is 4.63. The fraction of sp³-hybridized carbons (Fsp3) is 0.0667. The quantitative estimate of drug-likeness (QED) is 0.466. The lowest BCUT2D eigenvalue weighted by molar-refractivity contribution is 0.756. The minimum atomic E-state index is 0.649. The minimum Gasteiger partial charge on any atom is -0.294 e. The fourth-order valence-electron chi connectivity index (χ4n) is 2.25. The highest BCUT2D eigenvalue weighted by Gasteiger charge is 2.13. The monoisotopic (exact) mass is 420 g/mol. The SMILES string of the molecule is Clc1ccc(-n2nnnc2SCc2nc3ccccn3c2Br)cc1. The summed E-state index contributed by atoms with van der Waals surface area (Å²) in [5.74, 6) is 0.649. The molecule has 1 aromatic carbocycles. The molecule has 3 aromatic heterocycles. The zero-order valence-electron chi connectivity index (χ0n) is 12.2. The number of rotatable bonds is 4. The van der Waals surface area contributed by atoms with Crippen molar-refractivity contribution in [3.05, 3.63) is 64.0 Å². The van der Waals surface area contributed by atoms with Crippen LogP contribution in [0.25, 0.3) is 11.3 Å². The van der Waals surface area contributed by atoms with E-state index in [1.165, 1.54) is 11.8 Å². The second-order valence-corrected chi connectivity index (χ2v) is 7.05. The molecular formula is C15H10BrClN6S. The number of halogens is 2. The molecule has 0 radical (unpaired) electrons. The lowest BCUT2D eigenvalue weighted by atomic mass is 10.3. The molecule has 4 aromatic rings. The largest absolute Gasteiger partial charge is 0.294 e. The van der Waals surface area contributed by atoms with Crippen molar-refractivity contribution in [3.8, 4) is 5.69 Å². The van der Waals surface area contributed by atoms with Gasteiger partial charge in [0, 0.05) is 17.0 Å². The van der Waals surface area contributed by atoms with Crippen LogP contribution in [0.4, 0.5) is 0 Å². The molecular weight excluding hydrogens is 412 g/mol. The van der Waals surface area contributed by atoms with Gasteiger partial charge in [0.15, 0.2) is 0 Å². The molecule has 0 bridgehead atoms. The molecule has 0 fully saturated rings.